The van der Waals surface area contributed by atoms with Gasteiger partial charge in [0, 0.05) is 55.9 Å². The molecule has 1 aromatic heterocycles. The van der Waals surface area contributed by atoms with Crippen LogP contribution < -0.4 is 10.2 Å². The summed E-state index contributed by atoms with van der Waals surface area (Å²) in [6, 6.07) is 18.9. The maximum Gasteiger partial charge on any atom is 0.185 e. The molecular weight excluding hydrogens is 388 g/mol. The summed E-state index contributed by atoms with van der Waals surface area (Å²) in [7, 11) is 0. The molecule has 0 aliphatic carbocycles. The fourth-order valence-electron chi connectivity index (χ4n) is 3.63. The predicted molar refractivity (Wildman–Crippen MR) is 119 cm³/mol. The first-order valence-corrected chi connectivity index (χ1v) is 11.0. The zero-order valence-electron chi connectivity index (χ0n) is 15.8. The van der Waals surface area contributed by atoms with Crippen LogP contribution in [0.1, 0.15) is 17.2 Å². The van der Waals surface area contributed by atoms with Gasteiger partial charge in [-0.05, 0) is 23.3 Å². The second-order valence-corrected chi connectivity index (χ2v) is 8.30. The normalized spacial score (nSPS) is 16.2. The molecule has 1 fully saturated rings. The van der Waals surface area contributed by atoms with Crippen LogP contribution >= 0.6 is 22.9 Å². The zero-order chi connectivity index (χ0) is 19.2. The van der Waals surface area contributed by atoms with E-state index < -0.39 is 0 Å². The first kappa shape index (κ1) is 19.4. The van der Waals surface area contributed by atoms with Gasteiger partial charge in [-0.1, -0.05) is 54.1 Å². The molecule has 1 atom stereocenters. The van der Waals surface area contributed by atoms with Crippen molar-refractivity contribution in [1.82, 2.24) is 15.2 Å². The molecule has 4 rings (SSSR count). The van der Waals surface area contributed by atoms with Crippen molar-refractivity contribution in [2.45, 2.75) is 6.04 Å². The summed E-state index contributed by atoms with van der Waals surface area (Å²) in [6.07, 6.45) is 1.89. The molecule has 0 radical (unpaired) electrons. The van der Waals surface area contributed by atoms with Crippen molar-refractivity contribution in [3.8, 4) is 0 Å². The topological polar surface area (TPSA) is 31.4 Å². The Hall–Kier alpha value is -1.92. The third-order valence-corrected chi connectivity index (χ3v) is 6.26. The second kappa shape index (κ2) is 9.52. The molecule has 0 spiro atoms. The monoisotopic (exact) mass is 412 g/mol. The van der Waals surface area contributed by atoms with Crippen LogP contribution in [0.15, 0.2) is 66.2 Å². The van der Waals surface area contributed by atoms with Gasteiger partial charge in [0.05, 0.1) is 6.04 Å². The first-order valence-electron chi connectivity index (χ1n) is 9.70. The minimum Gasteiger partial charge on any atom is -0.346 e. The summed E-state index contributed by atoms with van der Waals surface area (Å²) in [5.41, 5.74) is 2.52. The minimum absolute atomic E-state index is 0.176. The Balaban J connectivity index is 1.33. The number of hydrogen-bond acceptors (Lipinski definition) is 5. The average Bonchev–Trinajstić information content (AvgIpc) is 3.28. The summed E-state index contributed by atoms with van der Waals surface area (Å²) in [6.45, 7) is 6.25. The number of piperazine rings is 1. The largest absolute Gasteiger partial charge is 0.346 e. The highest BCUT2D eigenvalue weighted by atomic mass is 35.5. The highest BCUT2D eigenvalue weighted by molar-refractivity contribution is 7.13. The van der Waals surface area contributed by atoms with Crippen molar-refractivity contribution >= 4 is 28.1 Å². The number of rotatable bonds is 7. The van der Waals surface area contributed by atoms with Crippen LogP contribution in [0.5, 0.6) is 0 Å². The Morgan fingerprint density at radius 3 is 2.36 bits per heavy atom. The van der Waals surface area contributed by atoms with E-state index in [0.717, 1.165) is 49.4 Å². The van der Waals surface area contributed by atoms with E-state index in [1.54, 1.807) is 11.3 Å². The zero-order valence-corrected chi connectivity index (χ0v) is 17.4. The number of nitrogens with zero attached hydrogens (tertiary/aromatic N) is 3. The van der Waals surface area contributed by atoms with Crippen LogP contribution in [-0.2, 0) is 0 Å². The van der Waals surface area contributed by atoms with E-state index in [0.29, 0.717) is 0 Å². The molecule has 3 aromatic rings. The first-order chi connectivity index (χ1) is 13.8. The van der Waals surface area contributed by atoms with Gasteiger partial charge < -0.3 is 10.2 Å². The van der Waals surface area contributed by atoms with Gasteiger partial charge in [0.15, 0.2) is 5.13 Å². The van der Waals surface area contributed by atoms with Crippen molar-refractivity contribution in [2.24, 2.45) is 0 Å². The molecule has 146 valence electrons. The number of aromatic nitrogens is 1. The third-order valence-electron chi connectivity index (χ3n) is 5.17. The fourth-order valence-corrected chi connectivity index (χ4v) is 4.45. The van der Waals surface area contributed by atoms with E-state index in [-0.39, 0.29) is 6.04 Å². The van der Waals surface area contributed by atoms with Crippen LogP contribution in [0, 0.1) is 0 Å². The van der Waals surface area contributed by atoms with Gasteiger partial charge in [0.1, 0.15) is 0 Å². The van der Waals surface area contributed by atoms with Crippen LogP contribution in [-0.4, -0.2) is 49.2 Å². The Bertz CT molecular complexity index is 831. The van der Waals surface area contributed by atoms with Gasteiger partial charge >= 0.3 is 0 Å². The number of halogens is 1. The smallest absolute Gasteiger partial charge is 0.185 e. The Morgan fingerprint density at radius 2 is 1.68 bits per heavy atom. The van der Waals surface area contributed by atoms with E-state index in [9.17, 15) is 0 Å². The van der Waals surface area contributed by atoms with Crippen molar-refractivity contribution in [1.29, 1.82) is 0 Å². The van der Waals surface area contributed by atoms with Crippen molar-refractivity contribution in [2.75, 3.05) is 44.2 Å². The van der Waals surface area contributed by atoms with Gasteiger partial charge in [0.25, 0.3) is 0 Å². The molecule has 4 nitrogen and oxygen atoms in total. The van der Waals surface area contributed by atoms with E-state index >= 15 is 0 Å². The molecule has 2 heterocycles. The molecule has 0 saturated carbocycles. The molecule has 2 aromatic carbocycles. The summed E-state index contributed by atoms with van der Waals surface area (Å²) in [5.74, 6) is 0. The van der Waals surface area contributed by atoms with Gasteiger partial charge in [-0.2, -0.15) is 0 Å². The molecule has 1 aliphatic heterocycles. The van der Waals surface area contributed by atoms with Gasteiger partial charge in [0.2, 0.25) is 0 Å². The van der Waals surface area contributed by atoms with E-state index in [1.807, 2.05) is 23.7 Å². The number of anilines is 1. The molecule has 0 bridgehead atoms. The highest BCUT2D eigenvalue weighted by Crippen LogP contribution is 2.23. The van der Waals surface area contributed by atoms with Crippen LogP contribution in [0.25, 0.3) is 0 Å². The van der Waals surface area contributed by atoms with Gasteiger partial charge in [-0.25, -0.2) is 4.98 Å². The van der Waals surface area contributed by atoms with Gasteiger partial charge in [-0.3, -0.25) is 4.90 Å². The molecule has 1 N–H and O–H groups in total. The highest BCUT2D eigenvalue weighted by Gasteiger charge is 2.19. The Labute approximate surface area is 175 Å². The standard InChI is InChI=1S/C22H25ClN4S/c23-20-8-6-19(7-9-20)21(18-4-2-1-3-5-18)24-10-12-26-13-15-27(16-14-26)22-25-11-17-28-22/h1-9,11,17,21,24H,10,12-16H2. The summed E-state index contributed by atoms with van der Waals surface area (Å²) < 4.78 is 0. The third kappa shape index (κ3) is 4.92. The van der Waals surface area contributed by atoms with Crippen molar-refractivity contribution < 1.29 is 0 Å². The Kier molecular flexibility index (Phi) is 6.60. The number of nitrogens with one attached hydrogen (secondary N) is 1. The SMILES string of the molecule is Clc1ccc(C(NCCN2CCN(c3nccs3)CC2)c2ccccc2)cc1. The number of thiazole rings is 1. The van der Waals surface area contributed by atoms with Crippen LogP contribution in [0.4, 0.5) is 5.13 Å². The quantitative estimate of drug-likeness (QED) is 0.627. The molecule has 6 heteroatoms. The maximum absolute atomic E-state index is 6.08. The van der Waals surface area contributed by atoms with Crippen LogP contribution in [0.2, 0.25) is 5.02 Å². The summed E-state index contributed by atoms with van der Waals surface area (Å²) >= 11 is 7.81. The molecule has 1 aliphatic rings. The minimum atomic E-state index is 0.176. The number of benzene rings is 2. The fraction of sp³-hybridized carbons (Fsp3) is 0.318. The summed E-state index contributed by atoms with van der Waals surface area (Å²) in [4.78, 5) is 9.34. The number of hydrogen-bond donors (Lipinski definition) is 1. The Morgan fingerprint density at radius 1 is 0.964 bits per heavy atom. The van der Waals surface area contributed by atoms with Crippen molar-refractivity contribution in [3.05, 3.63) is 82.3 Å². The van der Waals surface area contributed by atoms with Crippen molar-refractivity contribution in [3.63, 3.8) is 0 Å². The lowest BCUT2D eigenvalue weighted by Gasteiger charge is -2.34. The molecular formula is C22H25ClN4S. The molecule has 28 heavy (non-hydrogen) atoms. The summed E-state index contributed by atoms with van der Waals surface area (Å²) in [5, 5.41) is 7.71. The lowest BCUT2D eigenvalue weighted by atomic mass is 9.99. The molecule has 0 amide bonds. The molecule has 1 saturated heterocycles. The van der Waals surface area contributed by atoms with E-state index in [2.05, 4.69) is 62.6 Å². The second-order valence-electron chi connectivity index (χ2n) is 6.99. The lowest BCUT2D eigenvalue weighted by Crippen LogP contribution is -2.48. The van der Waals surface area contributed by atoms with Gasteiger partial charge in [-0.15, -0.1) is 11.3 Å². The van der Waals surface area contributed by atoms with E-state index in [1.165, 1.54) is 11.1 Å². The lowest BCUT2D eigenvalue weighted by molar-refractivity contribution is 0.255. The molecule has 1 unspecified atom stereocenters. The van der Waals surface area contributed by atoms with Crippen LogP contribution in [0.3, 0.4) is 0 Å². The average molecular weight is 413 g/mol. The van der Waals surface area contributed by atoms with E-state index in [4.69, 9.17) is 11.6 Å². The maximum atomic E-state index is 6.08. The predicted octanol–water partition coefficient (Wildman–Crippen LogP) is 4.30.